The number of pyridine rings is 1. The normalized spacial score (nSPS) is 12.8. The Labute approximate surface area is 165 Å². The molecule has 3 aromatic rings. The third-order valence-electron chi connectivity index (χ3n) is 4.56. The van der Waals surface area contributed by atoms with Crippen LogP contribution in [0.1, 0.15) is 37.4 Å². The molecule has 5 heteroatoms. The highest BCUT2D eigenvalue weighted by atomic mass is 15.1. The van der Waals surface area contributed by atoms with Gasteiger partial charge in [-0.2, -0.15) is 5.10 Å². The molecule has 28 heavy (non-hydrogen) atoms. The summed E-state index contributed by atoms with van der Waals surface area (Å²) in [6.07, 6.45) is 12.5. The highest BCUT2D eigenvalue weighted by molar-refractivity contribution is 5.89. The van der Waals surface area contributed by atoms with Crippen molar-refractivity contribution in [3.63, 3.8) is 0 Å². The zero-order chi connectivity index (χ0) is 20.1. The molecule has 0 fully saturated rings. The summed E-state index contributed by atoms with van der Waals surface area (Å²) in [4.78, 5) is 12.8. The Balaban J connectivity index is 2.09. The zero-order valence-corrected chi connectivity index (χ0v) is 16.6. The molecule has 0 saturated heterocycles. The van der Waals surface area contributed by atoms with Gasteiger partial charge in [0.15, 0.2) is 11.5 Å². The molecule has 3 rings (SSSR count). The number of H-pyrrole nitrogens is 2. The van der Waals surface area contributed by atoms with Crippen LogP contribution in [0, 0.1) is 6.92 Å². The van der Waals surface area contributed by atoms with Gasteiger partial charge < -0.3 is 4.98 Å². The van der Waals surface area contributed by atoms with E-state index < -0.39 is 0 Å². The summed E-state index contributed by atoms with van der Waals surface area (Å²) in [5.41, 5.74) is 7.30. The van der Waals surface area contributed by atoms with Gasteiger partial charge >= 0.3 is 0 Å². The van der Waals surface area contributed by atoms with Crippen molar-refractivity contribution in [1.82, 2.24) is 25.1 Å². The molecule has 142 valence electrons. The van der Waals surface area contributed by atoms with Gasteiger partial charge in [-0.05, 0) is 55.7 Å². The Morgan fingerprint density at radius 2 is 2.04 bits per heavy atom. The van der Waals surface area contributed by atoms with E-state index in [-0.39, 0.29) is 0 Å². The maximum atomic E-state index is 4.87. The van der Waals surface area contributed by atoms with Gasteiger partial charge in [-0.15, -0.1) is 0 Å². The molecule has 0 saturated carbocycles. The number of nitrogens with one attached hydrogen (secondary N) is 2. The van der Waals surface area contributed by atoms with Gasteiger partial charge in [0.25, 0.3) is 0 Å². The number of fused-ring (bicyclic) bond motifs is 1. The first-order chi connectivity index (χ1) is 13.6. The lowest BCUT2D eigenvalue weighted by Crippen LogP contribution is -1.90. The van der Waals surface area contributed by atoms with Crippen LogP contribution in [0.3, 0.4) is 0 Å². The summed E-state index contributed by atoms with van der Waals surface area (Å²) in [7, 11) is 0. The van der Waals surface area contributed by atoms with E-state index in [1.165, 1.54) is 5.57 Å². The molecular formula is C23H25N5. The summed E-state index contributed by atoms with van der Waals surface area (Å²) in [6, 6.07) is 4.00. The first kappa shape index (κ1) is 19.3. The number of nitrogens with zero attached hydrogens (tertiary/aromatic N) is 3. The Morgan fingerprint density at radius 1 is 1.21 bits per heavy atom. The number of aromatic nitrogens is 5. The highest BCUT2D eigenvalue weighted by Gasteiger charge is 2.15. The molecule has 5 nitrogen and oxygen atoms in total. The van der Waals surface area contributed by atoms with Gasteiger partial charge in [0.2, 0.25) is 0 Å². The van der Waals surface area contributed by atoms with Crippen molar-refractivity contribution in [2.45, 2.75) is 27.2 Å². The molecular weight excluding hydrogens is 346 g/mol. The van der Waals surface area contributed by atoms with E-state index in [1.807, 2.05) is 44.2 Å². The molecule has 0 atom stereocenters. The molecule has 0 radical (unpaired) electrons. The monoisotopic (exact) mass is 371 g/mol. The van der Waals surface area contributed by atoms with Crippen molar-refractivity contribution in [1.29, 1.82) is 0 Å². The van der Waals surface area contributed by atoms with Crippen LogP contribution in [0.4, 0.5) is 0 Å². The quantitative estimate of drug-likeness (QED) is 0.517. The van der Waals surface area contributed by atoms with Gasteiger partial charge in [-0.3, -0.25) is 5.10 Å². The second-order valence-corrected chi connectivity index (χ2v) is 6.38. The van der Waals surface area contributed by atoms with E-state index in [1.54, 1.807) is 6.08 Å². The van der Waals surface area contributed by atoms with Crippen LogP contribution in [0.15, 0.2) is 61.2 Å². The third kappa shape index (κ3) is 3.78. The lowest BCUT2D eigenvalue weighted by atomic mass is 10.1. The van der Waals surface area contributed by atoms with Crippen LogP contribution in [-0.4, -0.2) is 25.1 Å². The van der Waals surface area contributed by atoms with Crippen molar-refractivity contribution in [2.24, 2.45) is 0 Å². The van der Waals surface area contributed by atoms with E-state index in [0.717, 1.165) is 40.1 Å². The maximum absolute atomic E-state index is 4.87. The Kier molecular flexibility index (Phi) is 5.84. The molecule has 0 aliphatic carbocycles. The minimum atomic E-state index is 0.690. The summed E-state index contributed by atoms with van der Waals surface area (Å²) >= 11 is 0. The lowest BCUT2D eigenvalue weighted by Gasteiger charge is -2.04. The molecule has 0 amide bonds. The van der Waals surface area contributed by atoms with Gasteiger partial charge in [-0.1, -0.05) is 44.4 Å². The third-order valence-corrected chi connectivity index (χ3v) is 4.56. The molecule has 0 spiro atoms. The fourth-order valence-electron chi connectivity index (χ4n) is 2.94. The van der Waals surface area contributed by atoms with Crippen molar-refractivity contribution in [3.8, 4) is 11.5 Å². The van der Waals surface area contributed by atoms with Crippen LogP contribution >= 0.6 is 0 Å². The number of aromatic amines is 2. The van der Waals surface area contributed by atoms with E-state index in [9.17, 15) is 0 Å². The number of rotatable bonds is 7. The van der Waals surface area contributed by atoms with E-state index in [4.69, 9.17) is 4.98 Å². The van der Waals surface area contributed by atoms with E-state index in [0.29, 0.717) is 11.5 Å². The van der Waals surface area contributed by atoms with Gasteiger partial charge in [0, 0.05) is 5.69 Å². The maximum Gasteiger partial charge on any atom is 0.161 e. The average Bonchev–Trinajstić information content (AvgIpc) is 3.30. The number of imidazole rings is 1. The van der Waals surface area contributed by atoms with Crippen LogP contribution < -0.4 is 0 Å². The van der Waals surface area contributed by atoms with E-state index >= 15 is 0 Å². The first-order valence-electron chi connectivity index (χ1n) is 9.32. The van der Waals surface area contributed by atoms with Crippen molar-refractivity contribution in [2.75, 3.05) is 0 Å². The topological polar surface area (TPSA) is 70.2 Å². The molecule has 3 heterocycles. The van der Waals surface area contributed by atoms with Crippen LogP contribution in [-0.2, 0) is 0 Å². The minimum absolute atomic E-state index is 0.690. The van der Waals surface area contributed by atoms with E-state index in [2.05, 4.69) is 52.4 Å². The lowest BCUT2D eigenvalue weighted by molar-refractivity contribution is 1.10. The first-order valence-corrected chi connectivity index (χ1v) is 9.32. The molecule has 0 bridgehead atoms. The van der Waals surface area contributed by atoms with Crippen molar-refractivity contribution in [3.05, 3.63) is 78.3 Å². The molecule has 0 unspecified atom stereocenters. The molecule has 0 aliphatic rings. The number of aryl methyl sites for hydroxylation is 1. The van der Waals surface area contributed by atoms with Crippen molar-refractivity contribution < 1.29 is 0 Å². The summed E-state index contributed by atoms with van der Waals surface area (Å²) in [5.74, 6) is 0.690. The zero-order valence-electron chi connectivity index (χ0n) is 16.6. The van der Waals surface area contributed by atoms with Crippen LogP contribution in [0.25, 0.3) is 34.2 Å². The SMILES string of the molecule is C=C/C=C\c1nc(-c2n[nH]c3ccc(C(/C=C(\C=C)CC)=C/C)nc23)[nH]c1C. The van der Waals surface area contributed by atoms with Gasteiger partial charge in [-0.25, -0.2) is 9.97 Å². The molecule has 3 aromatic heterocycles. The Hall–Kier alpha value is -3.47. The Morgan fingerprint density at radius 3 is 2.71 bits per heavy atom. The average molecular weight is 371 g/mol. The summed E-state index contributed by atoms with van der Waals surface area (Å²) in [5, 5.41) is 7.49. The fraction of sp³-hybridized carbons (Fsp3) is 0.174. The highest BCUT2D eigenvalue weighted by Crippen LogP contribution is 2.26. The molecule has 2 N–H and O–H groups in total. The van der Waals surface area contributed by atoms with Crippen LogP contribution in [0.2, 0.25) is 0 Å². The summed E-state index contributed by atoms with van der Waals surface area (Å²) in [6.45, 7) is 13.7. The second-order valence-electron chi connectivity index (χ2n) is 6.38. The number of allylic oxidation sites excluding steroid dienone is 7. The number of hydrogen-bond donors (Lipinski definition) is 2. The molecule has 0 aliphatic heterocycles. The largest absolute Gasteiger partial charge is 0.340 e. The predicted molar refractivity (Wildman–Crippen MR) is 118 cm³/mol. The van der Waals surface area contributed by atoms with Crippen LogP contribution in [0.5, 0.6) is 0 Å². The predicted octanol–water partition coefficient (Wildman–Crippen LogP) is 5.78. The number of hydrogen-bond acceptors (Lipinski definition) is 3. The molecule has 0 aromatic carbocycles. The van der Waals surface area contributed by atoms with Gasteiger partial charge in [0.1, 0.15) is 5.52 Å². The fourth-order valence-corrected chi connectivity index (χ4v) is 2.94. The summed E-state index contributed by atoms with van der Waals surface area (Å²) < 4.78 is 0. The van der Waals surface area contributed by atoms with Crippen molar-refractivity contribution >= 4 is 22.7 Å². The smallest absolute Gasteiger partial charge is 0.161 e. The van der Waals surface area contributed by atoms with Gasteiger partial charge in [0.05, 0.1) is 16.9 Å². The standard InChI is InChI=1S/C23H25N5/c1-6-10-11-18-15(5)24-23(26-18)22-21-20(27-28-22)13-12-19(25-21)17(9-4)14-16(7-2)8-3/h6-7,9-14H,1-2,8H2,3-5H3,(H,24,26)(H,27,28)/b11-10-,16-14+,17-9+. The minimum Gasteiger partial charge on any atom is -0.340 e. The second kappa shape index (κ2) is 8.48. The Bertz CT molecular complexity index is 1110.